The average Bonchev–Trinajstić information content (AvgIpc) is 3.42. The van der Waals surface area contributed by atoms with Crippen LogP contribution in [0.15, 0.2) is 60.7 Å². The van der Waals surface area contributed by atoms with Gasteiger partial charge in [0.05, 0.1) is 11.1 Å². The molecular formula is C32H34N4O4S2. The fraction of sp³-hybridized carbons (Fsp3) is 0.250. The largest absolute Gasteiger partial charge is 0.365 e. The molecule has 4 aromatic rings. The summed E-state index contributed by atoms with van der Waals surface area (Å²) in [7, 11) is 0. The van der Waals surface area contributed by atoms with Crippen molar-refractivity contribution in [3.05, 3.63) is 104 Å². The molecule has 8 nitrogen and oxygen atoms in total. The minimum Gasteiger partial charge on any atom is -0.365 e. The number of rotatable bonds is 13. The van der Waals surface area contributed by atoms with Gasteiger partial charge in [0.15, 0.2) is 0 Å². The molecule has 0 spiro atoms. The highest BCUT2D eigenvalue weighted by Crippen LogP contribution is 2.35. The van der Waals surface area contributed by atoms with E-state index >= 15 is 0 Å². The van der Waals surface area contributed by atoms with Gasteiger partial charge in [0.1, 0.15) is 10.0 Å². The molecule has 6 N–H and O–H groups in total. The number of hydrogen-bond donors (Lipinski definition) is 4. The van der Waals surface area contributed by atoms with Crippen LogP contribution in [0.2, 0.25) is 0 Å². The van der Waals surface area contributed by atoms with Crippen molar-refractivity contribution in [1.82, 2.24) is 0 Å². The standard InChI is InChI=1S/C32H34N4O4S2/c1-19-23(17-21-11-5-3-6-12-21)41-31(27(19)29(33)39)35-25(37)15-9-10-16-26(38)36-32-28(30(34)40)20(2)24(42-32)18-22-13-7-4-8-14-22/h3-8,11-14H,9-10,15-18H2,1-2H3,(H2,33,39)(H2,34,40)(H,35,37)(H,36,38). The number of primary amides is 2. The van der Waals surface area contributed by atoms with Crippen molar-refractivity contribution in [3.8, 4) is 0 Å². The molecule has 0 saturated carbocycles. The zero-order valence-electron chi connectivity index (χ0n) is 23.6. The summed E-state index contributed by atoms with van der Waals surface area (Å²) >= 11 is 2.71. The van der Waals surface area contributed by atoms with Crippen molar-refractivity contribution in [2.24, 2.45) is 11.5 Å². The van der Waals surface area contributed by atoms with Crippen molar-refractivity contribution in [2.75, 3.05) is 10.6 Å². The molecule has 2 aromatic carbocycles. The molecule has 0 bridgehead atoms. The maximum atomic E-state index is 12.7. The van der Waals surface area contributed by atoms with Gasteiger partial charge in [-0.05, 0) is 48.9 Å². The number of thiophene rings is 2. The van der Waals surface area contributed by atoms with Crippen molar-refractivity contribution >= 4 is 56.3 Å². The maximum absolute atomic E-state index is 12.7. The Bertz CT molecular complexity index is 1470. The average molecular weight is 603 g/mol. The number of anilines is 2. The molecule has 218 valence electrons. The molecular weight excluding hydrogens is 569 g/mol. The molecule has 0 fully saturated rings. The Hall–Kier alpha value is -4.28. The van der Waals surface area contributed by atoms with Gasteiger partial charge < -0.3 is 22.1 Å². The first-order chi connectivity index (χ1) is 20.1. The molecule has 0 aliphatic carbocycles. The van der Waals surface area contributed by atoms with Crippen molar-refractivity contribution in [3.63, 3.8) is 0 Å². The Kier molecular flexibility index (Phi) is 10.3. The van der Waals surface area contributed by atoms with Gasteiger partial charge in [0.25, 0.3) is 11.8 Å². The van der Waals surface area contributed by atoms with Gasteiger partial charge in [0.2, 0.25) is 11.8 Å². The molecule has 0 radical (unpaired) electrons. The summed E-state index contributed by atoms with van der Waals surface area (Å²) in [5.41, 5.74) is 15.7. The number of carbonyl (C=O) groups excluding carboxylic acids is 4. The molecule has 0 saturated heterocycles. The fourth-order valence-corrected chi connectivity index (χ4v) is 7.26. The lowest BCUT2D eigenvalue weighted by molar-refractivity contribution is -0.118. The van der Waals surface area contributed by atoms with E-state index in [0.717, 1.165) is 32.0 Å². The first kappa shape index (κ1) is 30.7. The molecule has 2 heterocycles. The Morgan fingerprint density at radius 1 is 0.619 bits per heavy atom. The number of nitrogens with one attached hydrogen (secondary N) is 2. The van der Waals surface area contributed by atoms with Gasteiger partial charge in [-0.2, -0.15) is 0 Å². The van der Waals surface area contributed by atoms with Gasteiger partial charge in [0, 0.05) is 35.4 Å². The van der Waals surface area contributed by atoms with Crippen LogP contribution in [0.5, 0.6) is 0 Å². The van der Waals surface area contributed by atoms with Crippen LogP contribution in [0.3, 0.4) is 0 Å². The minimum absolute atomic E-state index is 0.183. The van der Waals surface area contributed by atoms with Crippen molar-refractivity contribution in [1.29, 1.82) is 0 Å². The van der Waals surface area contributed by atoms with E-state index in [9.17, 15) is 19.2 Å². The monoisotopic (exact) mass is 602 g/mol. The molecule has 2 aromatic heterocycles. The molecule has 4 amide bonds. The van der Waals surface area contributed by atoms with E-state index in [1.807, 2.05) is 74.5 Å². The van der Waals surface area contributed by atoms with E-state index in [1.165, 1.54) is 22.7 Å². The first-order valence-electron chi connectivity index (χ1n) is 13.7. The predicted molar refractivity (Wildman–Crippen MR) is 169 cm³/mol. The zero-order valence-corrected chi connectivity index (χ0v) is 25.3. The highest BCUT2D eigenvalue weighted by molar-refractivity contribution is 7.17. The number of unbranched alkanes of at least 4 members (excludes halogenated alkanes) is 1. The predicted octanol–water partition coefficient (Wildman–Crippen LogP) is 5.94. The minimum atomic E-state index is -0.582. The Morgan fingerprint density at radius 2 is 0.976 bits per heavy atom. The maximum Gasteiger partial charge on any atom is 0.251 e. The molecule has 4 rings (SSSR count). The van der Waals surface area contributed by atoms with E-state index in [4.69, 9.17) is 11.5 Å². The summed E-state index contributed by atoms with van der Waals surface area (Å²) in [6.45, 7) is 3.68. The summed E-state index contributed by atoms with van der Waals surface area (Å²) in [5.74, 6) is -1.66. The molecule has 0 unspecified atom stereocenters. The molecule has 0 aliphatic heterocycles. The number of amides is 4. The second-order valence-electron chi connectivity index (χ2n) is 10.1. The van der Waals surface area contributed by atoms with E-state index in [0.29, 0.717) is 46.8 Å². The van der Waals surface area contributed by atoms with E-state index < -0.39 is 11.8 Å². The molecule has 10 heteroatoms. The van der Waals surface area contributed by atoms with Gasteiger partial charge >= 0.3 is 0 Å². The summed E-state index contributed by atoms with van der Waals surface area (Å²) in [5, 5.41) is 6.59. The number of nitrogens with two attached hydrogens (primary N) is 2. The molecule has 42 heavy (non-hydrogen) atoms. The highest BCUT2D eigenvalue weighted by atomic mass is 32.1. The fourth-order valence-electron chi connectivity index (χ4n) is 4.74. The SMILES string of the molecule is Cc1c(Cc2ccccc2)sc(NC(=O)CCCCC(=O)Nc2sc(Cc3ccccc3)c(C)c2C(N)=O)c1C(N)=O. The van der Waals surface area contributed by atoms with Gasteiger partial charge in [-0.15, -0.1) is 22.7 Å². The Balaban J connectivity index is 1.30. The van der Waals surface area contributed by atoms with Crippen molar-refractivity contribution in [2.45, 2.75) is 52.4 Å². The lowest BCUT2D eigenvalue weighted by Gasteiger charge is -2.06. The van der Waals surface area contributed by atoms with Crippen LogP contribution in [-0.4, -0.2) is 23.6 Å². The van der Waals surface area contributed by atoms with Crippen molar-refractivity contribution < 1.29 is 19.2 Å². The zero-order chi connectivity index (χ0) is 30.2. The molecule has 0 atom stereocenters. The second kappa shape index (κ2) is 14.1. The second-order valence-corrected chi connectivity index (χ2v) is 12.3. The van der Waals surface area contributed by atoms with Crippen LogP contribution in [0.25, 0.3) is 0 Å². The number of benzene rings is 2. The van der Waals surface area contributed by atoms with Crippen LogP contribution >= 0.6 is 22.7 Å². The third-order valence-corrected chi connectivity index (χ3v) is 9.38. The number of carbonyl (C=O) groups is 4. The Labute approximate surface area is 253 Å². The van der Waals surface area contributed by atoms with E-state index in [-0.39, 0.29) is 24.7 Å². The van der Waals surface area contributed by atoms with E-state index in [2.05, 4.69) is 10.6 Å². The lowest BCUT2D eigenvalue weighted by atomic mass is 10.1. The summed E-state index contributed by atoms with van der Waals surface area (Å²) in [6.07, 6.45) is 2.58. The normalized spacial score (nSPS) is 10.8. The topological polar surface area (TPSA) is 144 Å². The van der Waals surface area contributed by atoms with Crippen LogP contribution in [0.4, 0.5) is 10.0 Å². The quantitative estimate of drug-likeness (QED) is 0.140. The smallest absolute Gasteiger partial charge is 0.251 e. The van der Waals surface area contributed by atoms with Gasteiger partial charge in [-0.25, -0.2) is 0 Å². The molecule has 0 aliphatic rings. The van der Waals surface area contributed by atoms with Crippen LogP contribution < -0.4 is 22.1 Å². The van der Waals surface area contributed by atoms with Gasteiger partial charge in [-0.1, -0.05) is 60.7 Å². The van der Waals surface area contributed by atoms with Gasteiger partial charge in [-0.3, -0.25) is 19.2 Å². The number of hydrogen-bond acceptors (Lipinski definition) is 6. The third kappa shape index (κ3) is 7.71. The Morgan fingerprint density at radius 3 is 1.31 bits per heavy atom. The highest BCUT2D eigenvalue weighted by Gasteiger charge is 2.22. The summed E-state index contributed by atoms with van der Waals surface area (Å²) < 4.78 is 0. The first-order valence-corrected chi connectivity index (χ1v) is 15.3. The lowest BCUT2D eigenvalue weighted by Crippen LogP contribution is -2.18. The summed E-state index contributed by atoms with van der Waals surface area (Å²) in [4.78, 5) is 51.7. The van der Waals surface area contributed by atoms with Crippen LogP contribution in [-0.2, 0) is 22.4 Å². The van der Waals surface area contributed by atoms with Crippen LogP contribution in [0, 0.1) is 13.8 Å². The van der Waals surface area contributed by atoms with Crippen LogP contribution in [0.1, 0.15) is 78.4 Å². The third-order valence-electron chi connectivity index (χ3n) is 6.96. The van der Waals surface area contributed by atoms with E-state index in [1.54, 1.807) is 0 Å². The summed E-state index contributed by atoms with van der Waals surface area (Å²) in [6, 6.07) is 19.7.